The van der Waals surface area contributed by atoms with Crippen molar-refractivity contribution in [1.82, 2.24) is 9.97 Å². The van der Waals surface area contributed by atoms with Crippen LogP contribution >= 0.6 is 0 Å². The van der Waals surface area contributed by atoms with E-state index in [0.29, 0.717) is 50.7 Å². The Morgan fingerprint density at radius 1 is 1.20 bits per heavy atom. The van der Waals surface area contributed by atoms with Gasteiger partial charge in [-0.3, -0.25) is 15.0 Å². The Bertz CT molecular complexity index is 1080. The number of halogens is 1. The number of carbonyl (C=O) groups is 2. The number of oxime groups is 1. The normalized spacial score (nSPS) is 12.5. The van der Waals surface area contributed by atoms with E-state index in [-0.39, 0.29) is 36.0 Å². The lowest BCUT2D eigenvalue weighted by Gasteiger charge is -2.31. The van der Waals surface area contributed by atoms with Gasteiger partial charge in [-0.1, -0.05) is 23.4 Å². The molecule has 0 unspecified atom stereocenters. The second kappa shape index (κ2) is 12.4. The van der Waals surface area contributed by atoms with Gasteiger partial charge in [-0.15, -0.1) is 0 Å². The second-order valence-electron chi connectivity index (χ2n) is 7.67. The number of anilines is 1. The average Bonchev–Trinajstić information content (AvgIpc) is 2.79. The van der Waals surface area contributed by atoms with Crippen molar-refractivity contribution in [3.8, 4) is 11.1 Å². The molecule has 3 rings (SSSR count). The molecule has 0 radical (unpaired) electrons. The van der Waals surface area contributed by atoms with Crippen LogP contribution < -0.4 is 10.6 Å². The summed E-state index contributed by atoms with van der Waals surface area (Å²) >= 11 is 0. The number of nitrogens with zero attached hydrogens (tertiary/aromatic N) is 4. The van der Waals surface area contributed by atoms with Crippen molar-refractivity contribution < 1.29 is 28.3 Å². The molecule has 0 bridgehead atoms. The molecule has 0 spiro atoms. The number of carbonyl (C=O) groups excluding carboxylic acids is 2. The number of nitrogens with one attached hydrogen (secondary N) is 1. The van der Waals surface area contributed by atoms with E-state index < -0.39 is 11.8 Å². The first-order valence-electron chi connectivity index (χ1n) is 11.0. The highest BCUT2D eigenvalue weighted by atomic mass is 19.1. The fraction of sp³-hybridized carbons (Fsp3) is 0.391. The molecule has 1 saturated heterocycles. The highest BCUT2D eigenvalue weighted by Crippen LogP contribution is 2.26. The fourth-order valence-corrected chi connectivity index (χ4v) is 3.15. The van der Waals surface area contributed by atoms with Gasteiger partial charge < -0.3 is 24.9 Å². The lowest BCUT2D eigenvalue weighted by molar-refractivity contribution is -0.144. The largest absolute Gasteiger partial charge is 0.466 e. The van der Waals surface area contributed by atoms with Crippen molar-refractivity contribution >= 4 is 29.4 Å². The number of ether oxygens (including phenoxy) is 2. The number of benzene rings is 1. The molecule has 1 aromatic carbocycles. The van der Waals surface area contributed by atoms with Crippen LogP contribution in [0.25, 0.3) is 11.1 Å². The number of amidine groups is 1. The Morgan fingerprint density at radius 3 is 2.63 bits per heavy atom. The van der Waals surface area contributed by atoms with Gasteiger partial charge in [-0.05, 0) is 13.3 Å². The van der Waals surface area contributed by atoms with E-state index in [4.69, 9.17) is 25.5 Å². The summed E-state index contributed by atoms with van der Waals surface area (Å²) in [4.78, 5) is 38.6. The molecule has 1 aliphatic heterocycles. The lowest BCUT2D eigenvalue weighted by Crippen LogP contribution is -2.48. The quantitative estimate of drug-likeness (QED) is 0.151. The van der Waals surface area contributed by atoms with E-state index in [1.807, 2.05) is 4.90 Å². The zero-order valence-corrected chi connectivity index (χ0v) is 19.3. The predicted octanol–water partition coefficient (Wildman–Crippen LogP) is 2.19. The van der Waals surface area contributed by atoms with Crippen molar-refractivity contribution in [2.45, 2.75) is 32.8 Å². The van der Waals surface area contributed by atoms with Crippen LogP contribution in [-0.4, -0.2) is 59.8 Å². The number of rotatable bonds is 12. The minimum Gasteiger partial charge on any atom is -0.466 e. The van der Waals surface area contributed by atoms with E-state index in [0.717, 1.165) is 5.71 Å². The van der Waals surface area contributed by atoms with Gasteiger partial charge in [0.1, 0.15) is 31.3 Å². The second-order valence-corrected chi connectivity index (χ2v) is 7.67. The summed E-state index contributed by atoms with van der Waals surface area (Å²) < 4.78 is 24.8. The summed E-state index contributed by atoms with van der Waals surface area (Å²) in [6.45, 7) is 3.19. The summed E-state index contributed by atoms with van der Waals surface area (Å²) in [5, 5.41) is 11.1. The maximum Gasteiger partial charge on any atom is 0.313 e. The third-order valence-corrected chi connectivity index (χ3v) is 4.90. The highest BCUT2D eigenvalue weighted by Gasteiger charge is 2.25. The first kappa shape index (κ1) is 25.5. The number of hydrogen-bond donors (Lipinski definition) is 2. The van der Waals surface area contributed by atoms with E-state index in [1.165, 1.54) is 18.5 Å². The molecule has 1 fully saturated rings. The van der Waals surface area contributed by atoms with Gasteiger partial charge in [-0.25, -0.2) is 14.4 Å². The van der Waals surface area contributed by atoms with Crippen LogP contribution in [0.4, 0.5) is 10.3 Å². The van der Waals surface area contributed by atoms with Gasteiger partial charge in [0.25, 0.3) is 0 Å². The summed E-state index contributed by atoms with van der Waals surface area (Å²) in [6, 6.07) is 4.74. The first-order chi connectivity index (χ1) is 16.9. The van der Waals surface area contributed by atoms with Crippen LogP contribution in [0.3, 0.4) is 0 Å². The molecular weight excluding hydrogens is 459 g/mol. The van der Waals surface area contributed by atoms with Crippen LogP contribution in [0.1, 0.15) is 31.7 Å². The predicted molar refractivity (Wildman–Crippen MR) is 125 cm³/mol. The number of hydrogen-bond acceptors (Lipinski definition) is 10. The Kier molecular flexibility index (Phi) is 9.04. The molecule has 2 aromatic rings. The number of nitrogens with two attached hydrogens (primary N) is 1. The smallest absolute Gasteiger partial charge is 0.313 e. The summed E-state index contributed by atoms with van der Waals surface area (Å²) in [5.74, 6) is -1.34. The molecule has 0 aliphatic carbocycles. The van der Waals surface area contributed by atoms with Crippen LogP contribution in [0.2, 0.25) is 0 Å². The molecule has 35 heavy (non-hydrogen) atoms. The molecule has 0 atom stereocenters. The maximum atomic E-state index is 14.9. The van der Waals surface area contributed by atoms with Crippen LogP contribution in [-0.2, 0) is 30.5 Å². The summed E-state index contributed by atoms with van der Waals surface area (Å²) in [6.07, 6.45) is 3.52. The standard InChI is InChI=1S/C23H27FN6O5/c1-2-33-20(31)7-4-8-35-29-17-12-30(13-17)23-27-10-16(11-28-23)18-6-3-5-15(22(18)24)14-34-21(32)9-19(25)26/h3,5-6,10-11H,2,4,7-9,12-14H2,1H3,(H3,25,26). The maximum absolute atomic E-state index is 14.9. The Balaban J connectivity index is 1.50. The molecule has 0 amide bonds. The molecule has 3 N–H and O–H groups in total. The van der Waals surface area contributed by atoms with Gasteiger partial charge in [0.2, 0.25) is 5.95 Å². The monoisotopic (exact) mass is 486 g/mol. The van der Waals surface area contributed by atoms with Crippen molar-refractivity contribution in [3.63, 3.8) is 0 Å². The van der Waals surface area contributed by atoms with Crippen molar-refractivity contribution in [3.05, 3.63) is 42.0 Å². The van der Waals surface area contributed by atoms with E-state index in [2.05, 4.69) is 15.1 Å². The number of esters is 2. The topological polar surface area (TPSA) is 153 Å². The molecule has 186 valence electrons. The highest BCUT2D eigenvalue weighted by molar-refractivity contribution is 5.98. The van der Waals surface area contributed by atoms with Crippen LogP contribution in [0.15, 0.2) is 35.7 Å². The lowest BCUT2D eigenvalue weighted by atomic mass is 10.1. The van der Waals surface area contributed by atoms with Crippen molar-refractivity contribution in [2.24, 2.45) is 10.9 Å². The molecule has 1 aliphatic rings. The molecule has 11 nitrogen and oxygen atoms in total. The van der Waals surface area contributed by atoms with Crippen LogP contribution in [0, 0.1) is 11.2 Å². The molecule has 12 heteroatoms. The summed E-state index contributed by atoms with van der Waals surface area (Å²) in [7, 11) is 0. The molecule has 0 saturated carbocycles. The Morgan fingerprint density at radius 2 is 1.94 bits per heavy atom. The SMILES string of the molecule is CCOC(=O)CCCON=C1CN(c2ncc(-c3cccc(COC(=O)CC(=N)N)c3F)cn2)C1. The summed E-state index contributed by atoms with van der Waals surface area (Å²) in [5.41, 5.74) is 6.93. The van der Waals surface area contributed by atoms with E-state index in [9.17, 15) is 14.0 Å². The Hall–Kier alpha value is -4.09. The average molecular weight is 487 g/mol. The number of aromatic nitrogens is 2. The van der Waals surface area contributed by atoms with Gasteiger partial charge in [-0.2, -0.15) is 0 Å². The third kappa shape index (κ3) is 7.45. The molecule has 2 heterocycles. The molecule has 1 aromatic heterocycles. The molecular formula is C23H27FN6O5. The first-order valence-corrected chi connectivity index (χ1v) is 11.0. The van der Waals surface area contributed by atoms with Crippen molar-refractivity contribution in [1.29, 1.82) is 5.41 Å². The van der Waals surface area contributed by atoms with Gasteiger partial charge in [0.05, 0.1) is 25.4 Å². The van der Waals surface area contributed by atoms with Gasteiger partial charge in [0.15, 0.2) is 0 Å². The Labute approximate surface area is 201 Å². The minimum absolute atomic E-state index is 0.189. The van der Waals surface area contributed by atoms with Gasteiger partial charge >= 0.3 is 11.9 Å². The zero-order chi connectivity index (χ0) is 25.2. The van der Waals surface area contributed by atoms with Gasteiger partial charge in [0, 0.05) is 35.5 Å². The van der Waals surface area contributed by atoms with Crippen LogP contribution in [0.5, 0.6) is 0 Å². The zero-order valence-electron chi connectivity index (χ0n) is 19.3. The van der Waals surface area contributed by atoms with E-state index >= 15 is 0 Å². The fourth-order valence-electron chi connectivity index (χ4n) is 3.15. The van der Waals surface area contributed by atoms with Crippen molar-refractivity contribution in [2.75, 3.05) is 31.2 Å². The van der Waals surface area contributed by atoms with E-state index in [1.54, 1.807) is 19.1 Å². The third-order valence-electron chi connectivity index (χ3n) is 4.90. The minimum atomic E-state index is -0.700.